The van der Waals surface area contributed by atoms with E-state index in [2.05, 4.69) is 0 Å². The molecule has 1 heterocycles. The molecule has 0 saturated heterocycles. The third-order valence-corrected chi connectivity index (χ3v) is 4.30. The van der Waals surface area contributed by atoms with Gasteiger partial charge >= 0.3 is 5.97 Å². The van der Waals surface area contributed by atoms with Gasteiger partial charge in [-0.3, -0.25) is 4.79 Å². The average molecular weight is 313 g/mol. The van der Waals surface area contributed by atoms with Crippen LogP contribution < -0.4 is 5.73 Å². The Balaban J connectivity index is 2.18. The molecule has 0 fully saturated rings. The highest BCUT2D eigenvalue weighted by molar-refractivity contribution is 6.03. The molecule has 5 heteroatoms. The standard InChI is InChI=1S/C18H19NO4/c1-10-6-8-11(9-7-10)14-15-12(20)4-3-5-13(15)23-17(19)16(14)18(21)22-2/h6-9,14H,3-5,19H2,1-2H3. The summed E-state index contributed by atoms with van der Waals surface area (Å²) >= 11 is 0. The maximum atomic E-state index is 12.5. The first-order valence-electron chi connectivity index (χ1n) is 7.61. The fourth-order valence-corrected chi connectivity index (χ4v) is 3.16. The van der Waals surface area contributed by atoms with Crippen molar-refractivity contribution in [3.8, 4) is 0 Å². The predicted molar refractivity (Wildman–Crippen MR) is 84.1 cm³/mol. The molecule has 3 rings (SSSR count). The number of carbonyl (C=O) groups is 2. The van der Waals surface area contributed by atoms with E-state index in [1.165, 1.54) is 7.11 Å². The molecule has 0 amide bonds. The van der Waals surface area contributed by atoms with Crippen molar-refractivity contribution in [2.75, 3.05) is 7.11 Å². The lowest BCUT2D eigenvalue weighted by molar-refractivity contribution is -0.136. The highest BCUT2D eigenvalue weighted by Crippen LogP contribution is 2.43. The third kappa shape index (κ3) is 2.63. The van der Waals surface area contributed by atoms with Crippen LogP contribution >= 0.6 is 0 Å². The number of ether oxygens (including phenoxy) is 2. The van der Waals surface area contributed by atoms with Gasteiger partial charge in [-0.05, 0) is 18.9 Å². The van der Waals surface area contributed by atoms with Crippen LogP contribution in [0.25, 0.3) is 0 Å². The van der Waals surface area contributed by atoms with Crippen LogP contribution in [0.3, 0.4) is 0 Å². The van der Waals surface area contributed by atoms with E-state index in [-0.39, 0.29) is 17.2 Å². The van der Waals surface area contributed by atoms with E-state index in [1.807, 2.05) is 31.2 Å². The topological polar surface area (TPSA) is 78.6 Å². The normalized spacial score (nSPS) is 21.0. The maximum Gasteiger partial charge on any atom is 0.340 e. The molecule has 0 spiro atoms. The number of Topliss-reactive ketones (excluding diaryl/α,β-unsaturated/α-hetero) is 1. The zero-order valence-electron chi connectivity index (χ0n) is 13.2. The van der Waals surface area contributed by atoms with Gasteiger partial charge in [0.2, 0.25) is 5.88 Å². The van der Waals surface area contributed by atoms with E-state index in [0.29, 0.717) is 24.2 Å². The fourth-order valence-electron chi connectivity index (χ4n) is 3.16. The SMILES string of the molecule is COC(=O)C1=C(N)OC2=C(C(=O)CCC2)C1c1ccc(C)cc1. The van der Waals surface area contributed by atoms with E-state index in [1.54, 1.807) is 0 Å². The number of aryl methyl sites for hydroxylation is 1. The summed E-state index contributed by atoms with van der Waals surface area (Å²) in [5.74, 6) is -0.490. The van der Waals surface area contributed by atoms with E-state index in [0.717, 1.165) is 17.5 Å². The number of rotatable bonds is 2. The Kier molecular flexibility index (Phi) is 3.94. The number of benzene rings is 1. The number of esters is 1. The summed E-state index contributed by atoms with van der Waals surface area (Å²) in [6.07, 6.45) is 1.84. The zero-order chi connectivity index (χ0) is 16.6. The molecule has 2 aliphatic rings. The van der Waals surface area contributed by atoms with Gasteiger partial charge in [0, 0.05) is 18.4 Å². The van der Waals surface area contributed by atoms with Gasteiger partial charge in [0.15, 0.2) is 5.78 Å². The lowest BCUT2D eigenvalue weighted by Gasteiger charge is -2.32. The van der Waals surface area contributed by atoms with Crippen LogP contribution in [0.2, 0.25) is 0 Å². The first-order chi connectivity index (χ1) is 11.0. The molecule has 1 aromatic carbocycles. The van der Waals surface area contributed by atoms with Crippen molar-refractivity contribution in [3.63, 3.8) is 0 Å². The summed E-state index contributed by atoms with van der Waals surface area (Å²) in [5, 5.41) is 0. The monoisotopic (exact) mass is 313 g/mol. The lowest BCUT2D eigenvalue weighted by Crippen LogP contribution is -2.31. The second kappa shape index (κ2) is 5.91. The Morgan fingerprint density at radius 2 is 1.96 bits per heavy atom. The summed E-state index contributed by atoms with van der Waals surface area (Å²) in [5.41, 5.74) is 8.65. The molecule has 1 aliphatic heterocycles. The lowest BCUT2D eigenvalue weighted by atomic mass is 9.77. The Morgan fingerprint density at radius 3 is 2.61 bits per heavy atom. The van der Waals surface area contributed by atoms with Crippen LogP contribution in [0.4, 0.5) is 0 Å². The van der Waals surface area contributed by atoms with E-state index < -0.39 is 11.9 Å². The average Bonchev–Trinajstić information content (AvgIpc) is 2.54. The number of allylic oxidation sites excluding steroid dienone is 2. The van der Waals surface area contributed by atoms with Crippen molar-refractivity contribution in [3.05, 3.63) is 58.2 Å². The van der Waals surface area contributed by atoms with Gasteiger partial charge in [-0.1, -0.05) is 29.8 Å². The molecular weight excluding hydrogens is 294 g/mol. The van der Waals surface area contributed by atoms with Gasteiger partial charge in [-0.25, -0.2) is 4.79 Å². The Morgan fingerprint density at radius 1 is 1.26 bits per heavy atom. The molecule has 0 bridgehead atoms. The van der Waals surface area contributed by atoms with Crippen molar-refractivity contribution in [2.24, 2.45) is 5.73 Å². The van der Waals surface area contributed by atoms with Gasteiger partial charge in [0.25, 0.3) is 0 Å². The van der Waals surface area contributed by atoms with Gasteiger partial charge in [-0.15, -0.1) is 0 Å². The third-order valence-electron chi connectivity index (χ3n) is 4.30. The Hall–Kier alpha value is -2.56. The number of methoxy groups -OCH3 is 1. The molecule has 120 valence electrons. The second-order valence-corrected chi connectivity index (χ2v) is 5.83. The van der Waals surface area contributed by atoms with Gasteiger partial charge < -0.3 is 15.2 Å². The van der Waals surface area contributed by atoms with Crippen LogP contribution in [0.5, 0.6) is 0 Å². The van der Waals surface area contributed by atoms with Crippen LogP contribution in [0.15, 0.2) is 47.1 Å². The number of ketones is 1. The first kappa shape index (κ1) is 15.3. The minimum atomic E-state index is -0.571. The van der Waals surface area contributed by atoms with Crippen molar-refractivity contribution in [1.82, 2.24) is 0 Å². The predicted octanol–water partition coefficient (Wildman–Crippen LogP) is 2.46. The molecule has 5 nitrogen and oxygen atoms in total. The summed E-state index contributed by atoms with van der Waals surface area (Å²) in [6.45, 7) is 1.98. The molecule has 1 unspecified atom stereocenters. The summed E-state index contributed by atoms with van der Waals surface area (Å²) < 4.78 is 10.4. The first-order valence-corrected chi connectivity index (χ1v) is 7.61. The van der Waals surface area contributed by atoms with Gasteiger partial charge in [0.1, 0.15) is 11.3 Å². The van der Waals surface area contributed by atoms with Crippen molar-refractivity contribution in [2.45, 2.75) is 32.1 Å². The van der Waals surface area contributed by atoms with Crippen LogP contribution in [0.1, 0.15) is 36.3 Å². The van der Waals surface area contributed by atoms with Crippen LogP contribution in [0, 0.1) is 6.92 Å². The van der Waals surface area contributed by atoms with Crippen molar-refractivity contribution in [1.29, 1.82) is 0 Å². The second-order valence-electron chi connectivity index (χ2n) is 5.83. The van der Waals surface area contributed by atoms with E-state index in [9.17, 15) is 9.59 Å². The summed E-state index contributed by atoms with van der Waals surface area (Å²) in [6, 6.07) is 7.72. The van der Waals surface area contributed by atoms with E-state index >= 15 is 0 Å². The van der Waals surface area contributed by atoms with Crippen molar-refractivity contribution < 1.29 is 19.1 Å². The zero-order valence-corrected chi connectivity index (χ0v) is 13.2. The van der Waals surface area contributed by atoms with E-state index in [4.69, 9.17) is 15.2 Å². The van der Waals surface area contributed by atoms with Crippen LogP contribution in [-0.2, 0) is 19.1 Å². The summed E-state index contributed by atoms with van der Waals surface area (Å²) in [4.78, 5) is 24.7. The molecule has 0 saturated carbocycles. The molecule has 1 aromatic rings. The molecule has 23 heavy (non-hydrogen) atoms. The quantitative estimate of drug-likeness (QED) is 0.849. The van der Waals surface area contributed by atoms with Gasteiger partial charge in [-0.2, -0.15) is 0 Å². The summed E-state index contributed by atoms with van der Waals surface area (Å²) in [7, 11) is 1.29. The number of hydrogen-bond acceptors (Lipinski definition) is 5. The minimum absolute atomic E-state index is 0.00530. The maximum absolute atomic E-state index is 12.5. The Labute approximate surface area is 134 Å². The minimum Gasteiger partial charge on any atom is -0.465 e. The van der Waals surface area contributed by atoms with Gasteiger partial charge in [0.05, 0.1) is 13.0 Å². The molecular formula is C18H19NO4. The molecule has 2 N–H and O–H groups in total. The number of hydrogen-bond donors (Lipinski definition) is 1. The smallest absolute Gasteiger partial charge is 0.340 e. The molecule has 0 radical (unpaired) electrons. The largest absolute Gasteiger partial charge is 0.465 e. The highest BCUT2D eigenvalue weighted by Gasteiger charge is 2.40. The van der Waals surface area contributed by atoms with Crippen molar-refractivity contribution >= 4 is 11.8 Å². The number of nitrogens with two attached hydrogens (primary N) is 1. The molecule has 0 aromatic heterocycles. The Bertz CT molecular complexity index is 728. The molecule has 1 aliphatic carbocycles. The highest BCUT2D eigenvalue weighted by atomic mass is 16.5. The fraction of sp³-hybridized carbons (Fsp3) is 0.333. The van der Waals surface area contributed by atoms with Crippen LogP contribution in [-0.4, -0.2) is 18.9 Å². The molecule has 1 atom stereocenters. The number of carbonyl (C=O) groups excluding carboxylic acids is 2.